The van der Waals surface area contributed by atoms with E-state index in [0.717, 1.165) is 5.56 Å². The van der Waals surface area contributed by atoms with Crippen molar-refractivity contribution in [3.63, 3.8) is 0 Å². The Morgan fingerprint density at radius 2 is 2.00 bits per heavy atom. The summed E-state index contributed by atoms with van der Waals surface area (Å²) in [7, 11) is -0.849. The van der Waals surface area contributed by atoms with Gasteiger partial charge in [-0.25, -0.2) is 0 Å². The molecule has 0 saturated heterocycles. The number of carbonyl (C=O) groups excluding carboxylic acids is 1. The van der Waals surface area contributed by atoms with Crippen LogP contribution >= 0.6 is 0 Å². The van der Waals surface area contributed by atoms with Crippen molar-refractivity contribution in [3.05, 3.63) is 35.9 Å². The fourth-order valence-electron chi connectivity index (χ4n) is 1.77. The molecule has 19 heavy (non-hydrogen) atoms. The second-order valence-electron chi connectivity index (χ2n) is 4.59. The predicted octanol–water partition coefficient (Wildman–Crippen LogP) is 1.00. The molecule has 4 nitrogen and oxygen atoms in total. The molecular weight excluding hydrogens is 260 g/mol. The molecule has 0 aliphatic rings. The highest BCUT2D eigenvalue weighted by Crippen LogP contribution is 2.14. The third kappa shape index (κ3) is 5.12. The van der Waals surface area contributed by atoms with Crippen molar-refractivity contribution in [3.8, 4) is 0 Å². The molecule has 1 aromatic carbocycles. The highest BCUT2D eigenvalue weighted by atomic mass is 32.2. The van der Waals surface area contributed by atoms with Gasteiger partial charge >= 0.3 is 0 Å². The number of rotatable bonds is 7. The third-order valence-corrected chi connectivity index (χ3v) is 4.54. The molecular formula is C14H22N2O2S. The zero-order valence-corrected chi connectivity index (χ0v) is 12.3. The van der Waals surface area contributed by atoms with Crippen LogP contribution in [0.4, 0.5) is 0 Å². The van der Waals surface area contributed by atoms with Crippen LogP contribution in [0.5, 0.6) is 0 Å². The molecule has 0 spiro atoms. The Hall–Kier alpha value is -1.20. The van der Waals surface area contributed by atoms with Gasteiger partial charge in [0.05, 0.1) is 5.92 Å². The van der Waals surface area contributed by atoms with Gasteiger partial charge in [-0.15, -0.1) is 0 Å². The van der Waals surface area contributed by atoms with E-state index < -0.39 is 10.8 Å². The summed E-state index contributed by atoms with van der Waals surface area (Å²) in [5, 5.41) is 2.96. The first kappa shape index (κ1) is 15.9. The molecule has 3 unspecified atom stereocenters. The minimum Gasteiger partial charge on any atom is -0.355 e. The summed E-state index contributed by atoms with van der Waals surface area (Å²) in [6.07, 6.45) is 2.39. The Labute approximate surface area is 117 Å². The van der Waals surface area contributed by atoms with Crippen LogP contribution in [-0.4, -0.2) is 34.7 Å². The van der Waals surface area contributed by atoms with Crippen LogP contribution in [0.1, 0.15) is 24.8 Å². The van der Waals surface area contributed by atoms with E-state index in [-0.39, 0.29) is 23.6 Å². The van der Waals surface area contributed by atoms with Crippen LogP contribution in [0, 0.1) is 0 Å². The molecule has 3 atom stereocenters. The zero-order valence-electron chi connectivity index (χ0n) is 11.5. The van der Waals surface area contributed by atoms with Gasteiger partial charge in [0, 0.05) is 35.4 Å². The maximum atomic E-state index is 12.1. The lowest BCUT2D eigenvalue weighted by Gasteiger charge is -2.16. The van der Waals surface area contributed by atoms with Crippen molar-refractivity contribution in [2.24, 2.45) is 5.73 Å². The van der Waals surface area contributed by atoms with E-state index in [1.807, 2.05) is 37.3 Å². The molecule has 3 N–H and O–H groups in total. The standard InChI is InChI=1S/C14H22N2O2S/c1-11(19(2)18)8-9-16-14(17)13(10-15)12-6-4-3-5-7-12/h3-7,11,13H,8-10,15H2,1-2H3,(H,16,17). The summed E-state index contributed by atoms with van der Waals surface area (Å²) in [5.74, 6) is -0.383. The number of hydrogen-bond acceptors (Lipinski definition) is 3. The number of hydrogen-bond donors (Lipinski definition) is 2. The average molecular weight is 282 g/mol. The third-order valence-electron chi connectivity index (χ3n) is 3.17. The Balaban J connectivity index is 2.49. The molecule has 0 aromatic heterocycles. The van der Waals surface area contributed by atoms with Crippen LogP contribution in [0.25, 0.3) is 0 Å². The second-order valence-corrected chi connectivity index (χ2v) is 6.39. The fraction of sp³-hybridized carbons (Fsp3) is 0.500. The summed E-state index contributed by atoms with van der Waals surface area (Å²) >= 11 is 0. The SMILES string of the molecule is CC(CCNC(=O)C(CN)c1ccccc1)S(C)=O. The lowest BCUT2D eigenvalue weighted by molar-refractivity contribution is -0.122. The molecule has 0 aliphatic carbocycles. The van der Waals surface area contributed by atoms with Gasteiger partial charge < -0.3 is 11.1 Å². The monoisotopic (exact) mass is 282 g/mol. The normalized spacial score (nSPS) is 15.5. The first-order chi connectivity index (χ1) is 9.06. The predicted molar refractivity (Wildman–Crippen MR) is 79.4 cm³/mol. The maximum absolute atomic E-state index is 12.1. The number of nitrogens with two attached hydrogens (primary N) is 1. The molecule has 5 heteroatoms. The van der Waals surface area contributed by atoms with Crippen LogP contribution < -0.4 is 11.1 Å². The largest absolute Gasteiger partial charge is 0.355 e. The van der Waals surface area contributed by atoms with Crippen LogP contribution in [0.2, 0.25) is 0 Å². The summed E-state index contributed by atoms with van der Waals surface area (Å²) in [4.78, 5) is 12.1. The average Bonchev–Trinajstić information content (AvgIpc) is 2.40. The number of amides is 1. The van der Waals surface area contributed by atoms with E-state index >= 15 is 0 Å². The number of benzene rings is 1. The lowest BCUT2D eigenvalue weighted by atomic mass is 9.98. The van der Waals surface area contributed by atoms with E-state index in [1.54, 1.807) is 6.26 Å². The summed E-state index contributed by atoms with van der Waals surface area (Å²) < 4.78 is 11.2. The molecule has 106 valence electrons. The Morgan fingerprint density at radius 3 is 2.53 bits per heavy atom. The van der Waals surface area contributed by atoms with Crippen molar-refractivity contribution in [2.75, 3.05) is 19.3 Å². The van der Waals surface area contributed by atoms with Gasteiger partial charge in [-0.1, -0.05) is 37.3 Å². The Bertz CT molecular complexity index is 423. The quantitative estimate of drug-likeness (QED) is 0.784. The summed E-state index contributed by atoms with van der Waals surface area (Å²) in [6.45, 7) is 2.73. The van der Waals surface area contributed by atoms with Crippen molar-refractivity contribution < 1.29 is 9.00 Å². The minimum absolute atomic E-state index is 0.0669. The smallest absolute Gasteiger partial charge is 0.228 e. The Kier molecular flexibility index (Phi) is 6.73. The van der Waals surface area contributed by atoms with E-state index in [2.05, 4.69) is 5.32 Å². The van der Waals surface area contributed by atoms with Gasteiger partial charge in [-0.05, 0) is 12.0 Å². The van der Waals surface area contributed by atoms with Gasteiger partial charge in [0.1, 0.15) is 0 Å². The molecule has 0 heterocycles. The summed E-state index contributed by atoms with van der Waals surface area (Å²) in [6, 6.07) is 9.51. The molecule has 0 fully saturated rings. The first-order valence-corrected chi connectivity index (χ1v) is 8.03. The topological polar surface area (TPSA) is 72.2 Å². The van der Waals surface area contributed by atoms with Crippen LogP contribution in [0.15, 0.2) is 30.3 Å². The van der Waals surface area contributed by atoms with Gasteiger partial charge in [-0.2, -0.15) is 0 Å². The van der Waals surface area contributed by atoms with Gasteiger partial charge in [0.15, 0.2) is 0 Å². The maximum Gasteiger partial charge on any atom is 0.228 e. The van der Waals surface area contributed by atoms with Gasteiger partial charge in [0.2, 0.25) is 5.91 Å². The van der Waals surface area contributed by atoms with E-state index in [9.17, 15) is 9.00 Å². The van der Waals surface area contributed by atoms with Crippen molar-refractivity contribution in [1.29, 1.82) is 0 Å². The van der Waals surface area contributed by atoms with E-state index in [1.165, 1.54) is 0 Å². The molecule has 0 radical (unpaired) electrons. The first-order valence-electron chi connectivity index (χ1n) is 6.41. The molecule has 1 amide bonds. The number of carbonyl (C=O) groups is 1. The highest BCUT2D eigenvalue weighted by Gasteiger charge is 2.18. The number of nitrogens with one attached hydrogen (secondary N) is 1. The summed E-state index contributed by atoms with van der Waals surface area (Å²) in [5.41, 5.74) is 6.60. The highest BCUT2D eigenvalue weighted by molar-refractivity contribution is 7.84. The molecule has 0 aliphatic heterocycles. The molecule has 1 rings (SSSR count). The molecule has 1 aromatic rings. The van der Waals surface area contributed by atoms with Crippen molar-refractivity contribution in [1.82, 2.24) is 5.32 Å². The minimum atomic E-state index is -0.849. The fourth-order valence-corrected chi connectivity index (χ4v) is 2.22. The van der Waals surface area contributed by atoms with Crippen LogP contribution in [-0.2, 0) is 15.6 Å². The second kappa shape index (κ2) is 8.07. The zero-order chi connectivity index (χ0) is 14.3. The lowest BCUT2D eigenvalue weighted by Crippen LogP contribution is -2.35. The van der Waals surface area contributed by atoms with E-state index in [4.69, 9.17) is 5.73 Å². The van der Waals surface area contributed by atoms with E-state index in [0.29, 0.717) is 13.0 Å². The van der Waals surface area contributed by atoms with Crippen molar-refractivity contribution in [2.45, 2.75) is 24.5 Å². The van der Waals surface area contributed by atoms with Gasteiger partial charge in [-0.3, -0.25) is 9.00 Å². The Morgan fingerprint density at radius 1 is 1.37 bits per heavy atom. The van der Waals surface area contributed by atoms with Gasteiger partial charge in [0.25, 0.3) is 0 Å². The molecule has 0 saturated carbocycles. The molecule has 0 bridgehead atoms. The van der Waals surface area contributed by atoms with Crippen molar-refractivity contribution >= 4 is 16.7 Å². The van der Waals surface area contributed by atoms with Crippen LogP contribution in [0.3, 0.4) is 0 Å².